The van der Waals surface area contributed by atoms with Crippen LogP contribution < -0.4 is 20.7 Å². The zero-order chi connectivity index (χ0) is 22.7. The predicted octanol–water partition coefficient (Wildman–Crippen LogP) is 5.66. The molecule has 0 amide bonds. The van der Waals surface area contributed by atoms with Crippen molar-refractivity contribution in [2.75, 3.05) is 0 Å². The van der Waals surface area contributed by atoms with Crippen LogP contribution in [0.25, 0.3) is 32.7 Å². The van der Waals surface area contributed by atoms with Gasteiger partial charge in [0.05, 0.1) is 0 Å². The minimum atomic E-state index is -2.42. The van der Waals surface area contributed by atoms with Crippen LogP contribution in [0, 0.1) is 6.92 Å². The summed E-state index contributed by atoms with van der Waals surface area (Å²) in [5.74, 6) is 0. The zero-order valence-corrected chi connectivity index (χ0v) is 20.1. The Hall–Kier alpha value is -3.94. The summed E-state index contributed by atoms with van der Waals surface area (Å²) < 4.78 is 0. The first kappa shape index (κ1) is 19.5. The molecule has 0 radical (unpaired) electrons. The summed E-state index contributed by atoms with van der Waals surface area (Å²) in [6.45, 7) is 2.17. The number of aryl methyl sites for hydroxylation is 1. The molecule has 6 aromatic carbocycles. The van der Waals surface area contributed by atoms with Gasteiger partial charge in [-0.1, -0.05) is 121 Å². The minimum Gasteiger partial charge on any atom is -0.0623 e. The highest BCUT2D eigenvalue weighted by atomic mass is 28.3. The van der Waals surface area contributed by atoms with Gasteiger partial charge in [-0.2, -0.15) is 0 Å². The molecule has 0 saturated heterocycles. The molecule has 0 spiro atoms. The van der Waals surface area contributed by atoms with Gasteiger partial charge in [-0.15, -0.1) is 0 Å². The van der Waals surface area contributed by atoms with Crippen molar-refractivity contribution in [2.45, 2.75) is 6.92 Å². The van der Waals surface area contributed by atoms with Crippen molar-refractivity contribution in [3.05, 3.63) is 133 Å². The fourth-order valence-corrected chi connectivity index (χ4v) is 11.3. The number of rotatable bonds is 2. The maximum atomic E-state index is 2.44. The van der Waals surface area contributed by atoms with Gasteiger partial charge in [0.2, 0.25) is 0 Å². The molecule has 7 rings (SSSR count). The summed E-state index contributed by atoms with van der Waals surface area (Å²) >= 11 is 0. The summed E-state index contributed by atoms with van der Waals surface area (Å²) in [5, 5.41) is 11.2. The standard InChI is InChI=1S/C33H24Si/c1-23-16-17-24-22-30-25(21-26(24)20-23)18-19-32-33(30)29-14-8-9-15-31(29)34(32,27-10-4-2-5-11-27)28-12-6-3-7-13-28/h2-22H,1H3. The molecule has 6 aromatic rings. The van der Waals surface area contributed by atoms with E-state index in [1.165, 1.54) is 59.0 Å². The van der Waals surface area contributed by atoms with Crippen molar-refractivity contribution in [1.82, 2.24) is 0 Å². The molecule has 0 saturated carbocycles. The summed E-state index contributed by atoms with van der Waals surface area (Å²) in [5.41, 5.74) is 4.13. The molecule has 0 aliphatic carbocycles. The lowest BCUT2D eigenvalue weighted by Gasteiger charge is -2.31. The van der Waals surface area contributed by atoms with E-state index in [9.17, 15) is 0 Å². The quantitative estimate of drug-likeness (QED) is 0.236. The van der Waals surface area contributed by atoms with Crippen LogP contribution >= 0.6 is 0 Å². The number of fused-ring (bicyclic) bond motifs is 6. The van der Waals surface area contributed by atoms with Gasteiger partial charge in [0.1, 0.15) is 0 Å². The molecular weight excluding hydrogens is 424 g/mol. The van der Waals surface area contributed by atoms with Crippen molar-refractivity contribution < 1.29 is 0 Å². The first-order valence-corrected chi connectivity index (χ1v) is 14.0. The molecular formula is C33H24Si. The predicted molar refractivity (Wildman–Crippen MR) is 149 cm³/mol. The number of hydrogen-bond acceptors (Lipinski definition) is 0. The third kappa shape index (κ3) is 2.59. The Balaban J connectivity index is 1.67. The molecule has 0 aromatic heterocycles. The highest BCUT2D eigenvalue weighted by molar-refractivity contribution is 7.22. The molecule has 0 atom stereocenters. The van der Waals surface area contributed by atoms with E-state index in [1.54, 1.807) is 0 Å². The van der Waals surface area contributed by atoms with Gasteiger partial charge in [-0.3, -0.25) is 0 Å². The zero-order valence-electron chi connectivity index (χ0n) is 19.1. The SMILES string of the molecule is Cc1ccc2cc3c4c(ccc3cc2c1)[Si](c1ccccc1)(c1ccccc1)c1ccccc1-4. The second kappa shape index (κ2) is 7.28. The molecule has 1 aliphatic heterocycles. The molecule has 0 N–H and O–H groups in total. The molecule has 0 nitrogen and oxygen atoms in total. The van der Waals surface area contributed by atoms with Gasteiger partial charge in [-0.05, 0) is 72.5 Å². The summed E-state index contributed by atoms with van der Waals surface area (Å²) in [4.78, 5) is 0. The van der Waals surface area contributed by atoms with Crippen LogP contribution in [0.1, 0.15) is 5.56 Å². The second-order valence-corrected chi connectivity index (χ2v) is 13.2. The average Bonchev–Trinajstić information content (AvgIpc) is 3.20. The van der Waals surface area contributed by atoms with Gasteiger partial charge in [0.25, 0.3) is 0 Å². The molecule has 0 bridgehead atoms. The Morgan fingerprint density at radius 3 is 1.85 bits per heavy atom. The third-order valence-electron chi connectivity index (χ3n) is 7.55. The lowest BCUT2D eigenvalue weighted by atomic mass is 9.95. The maximum Gasteiger partial charge on any atom is 0.180 e. The average molecular weight is 449 g/mol. The van der Waals surface area contributed by atoms with Crippen LogP contribution in [0.5, 0.6) is 0 Å². The van der Waals surface area contributed by atoms with Gasteiger partial charge in [-0.25, -0.2) is 0 Å². The van der Waals surface area contributed by atoms with Crippen LogP contribution in [0.3, 0.4) is 0 Å². The monoisotopic (exact) mass is 448 g/mol. The number of hydrogen-bond donors (Lipinski definition) is 0. The lowest BCUT2D eigenvalue weighted by molar-refractivity contribution is 1.51. The Morgan fingerprint density at radius 1 is 0.471 bits per heavy atom. The number of benzene rings is 6. The molecule has 0 unspecified atom stereocenters. The minimum absolute atomic E-state index is 1.30. The van der Waals surface area contributed by atoms with Crippen molar-refractivity contribution in [3.8, 4) is 11.1 Å². The van der Waals surface area contributed by atoms with Crippen LogP contribution in [0.4, 0.5) is 0 Å². The van der Waals surface area contributed by atoms with Gasteiger partial charge in [0.15, 0.2) is 8.07 Å². The first-order chi connectivity index (χ1) is 16.8. The molecule has 1 aliphatic rings. The van der Waals surface area contributed by atoms with E-state index in [4.69, 9.17) is 0 Å². The van der Waals surface area contributed by atoms with E-state index >= 15 is 0 Å². The first-order valence-electron chi connectivity index (χ1n) is 12.0. The van der Waals surface area contributed by atoms with Gasteiger partial charge < -0.3 is 0 Å². The van der Waals surface area contributed by atoms with Crippen molar-refractivity contribution in [3.63, 3.8) is 0 Å². The summed E-state index contributed by atoms with van der Waals surface area (Å²) in [6.07, 6.45) is 0. The molecule has 0 fully saturated rings. The Morgan fingerprint density at radius 2 is 1.12 bits per heavy atom. The van der Waals surface area contributed by atoms with Gasteiger partial charge in [0, 0.05) is 0 Å². The van der Waals surface area contributed by atoms with Crippen LogP contribution in [0.15, 0.2) is 127 Å². The van der Waals surface area contributed by atoms with E-state index < -0.39 is 8.07 Å². The molecule has 34 heavy (non-hydrogen) atoms. The van der Waals surface area contributed by atoms with Crippen molar-refractivity contribution in [2.24, 2.45) is 0 Å². The van der Waals surface area contributed by atoms with Crippen LogP contribution in [-0.2, 0) is 0 Å². The van der Waals surface area contributed by atoms with Crippen molar-refractivity contribution in [1.29, 1.82) is 0 Å². The largest absolute Gasteiger partial charge is 0.180 e. The topological polar surface area (TPSA) is 0 Å². The molecule has 160 valence electrons. The fraction of sp³-hybridized carbons (Fsp3) is 0.0303. The fourth-order valence-electron chi connectivity index (χ4n) is 6.13. The Bertz CT molecular complexity index is 1660. The van der Waals surface area contributed by atoms with E-state index in [1.807, 2.05) is 0 Å². The summed E-state index contributed by atoms with van der Waals surface area (Å²) in [7, 11) is -2.42. The van der Waals surface area contributed by atoms with E-state index in [0.717, 1.165) is 0 Å². The third-order valence-corrected chi connectivity index (χ3v) is 12.4. The highest BCUT2D eigenvalue weighted by Gasteiger charge is 2.48. The van der Waals surface area contributed by atoms with E-state index in [0.29, 0.717) is 0 Å². The Labute approximate surface area is 201 Å². The van der Waals surface area contributed by atoms with Crippen molar-refractivity contribution >= 4 is 50.4 Å². The van der Waals surface area contributed by atoms with Crippen LogP contribution in [0.2, 0.25) is 0 Å². The van der Waals surface area contributed by atoms with E-state index in [-0.39, 0.29) is 0 Å². The van der Waals surface area contributed by atoms with Gasteiger partial charge >= 0.3 is 0 Å². The Kier molecular flexibility index (Phi) is 4.18. The van der Waals surface area contributed by atoms with Crippen LogP contribution in [-0.4, -0.2) is 8.07 Å². The normalized spacial score (nSPS) is 13.7. The molecule has 1 heterocycles. The lowest BCUT2D eigenvalue weighted by Crippen LogP contribution is -2.72. The maximum absolute atomic E-state index is 2.44. The summed E-state index contributed by atoms with van der Waals surface area (Å²) in [6, 6.07) is 48.0. The highest BCUT2D eigenvalue weighted by Crippen LogP contribution is 2.36. The van der Waals surface area contributed by atoms with E-state index in [2.05, 4.69) is 134 Å². The second-order valence-electron chi connectivity index (χ2n) is 9.44. The smallest absolute Gasteiger partial charge is 0.0623 e. The molecule has 1 heteroatoms.